The van der Waals surface area contributed by atoms with Crippen molar-refractivity contribution in [3.63, 3.8) is 0 Å². The van der Waals surface area contributed by atoms with Gasteiger partial charge in [-0.2, -0.15) is 0 Å². The van der Waals surface area contributed by atoms with Crippen molar-refractivity contribution in [3.8, 4) is 0 Å². The number of hydrogen-bond donors (Lipinski definition) is 0. The molecule has 0 bridgehead atoms. The molecule has 2 aliphatic heterocycles. The molecule has 166 valence electrons. The standard InChI is InChI=1S/C26H35N3OS/c1-26(2)12-15-28(5)23-18-24(31-20-11-9-10-19(16-20)27(3)4)21(17-22(23)26)25(30)29-13-7-6-8-14-29/h9-11,16-18H,6-8,12-15H2,1-5H3. The molecule has 2 heterocycles. The number of fused-ring (bicyclic) bond motifs is 1. The van der Waals surface area contributed by atoms with Gasteiger partial charge in [-0.3, -0.25) is 4.79 Å². The van der Waals surface area contributed by atoms with E-state index in [9.17, 15) is 4.79 Å². The Morgan fingerprint density at radius 1 is 1.03 bits per heavy atom. The van der Waals surface area contributed by atoms with Gasteiger partial charge in [-0.15, -0.1) is 0 Å². The minimum Gasteiger partial charge on any atom is -0.378 e. The molecular weight excluding hydrogens is 402 g/mol. The summed E-state index contributed by atoms with van der Waals surface area (Å²) in [7, 11) is 6.29. The predicted molar refractivity (Wildman–Crippen MR) is 132 cm³/mol. The van der Waals surface area contributed by atoms with Crippen LogP contribution in [0.15, 0.2) is 46.2 Å². The van der Waals surface area contributed by atoms with Crippen LogP contribution >= 0.6 is 11.8 Å². The Morgan fingerprint density at radius 3 is 2.48 bits per heavy atom. The molecule has 31 heavy (non-hydrogen) atoms. The summed E-state index contributed by atoms with van der Waals surface area (Å²) in [6, 6.07) is 13.0. The second kappa shape index (κ2) is 8.78. The largest absolute Gasteiger partial charge is 0.378 e. The summed E-state index contributed by atoms with van der Waals surface area (Å²) >= 11 is 1.71. The zero-order valence-electron chi connectivity index (χ0n) is 19.6. The van der Waals surface area contributed by atoms with Crippen molar-refractivity contribution in [2.24, 2.45) is 0 Å². The first-order chi connectivity index (χ1) is 14.8. The molecule has 0 unspecified atom stereocenters. The molecule has 4 rings (SSSR count). The van der Waals surface area contributed by atoms with Gasteiger partial charge in [0.15, 0.2) is 0 Å². The molecule has 1 amide bonds. The van der Waals surface area contributed by atoms with Gasteiger partial charge < -0.3 is 14.7 Å². The quantitative estimate of drug-likeness (QED) is 0.618. The van der Waals surface area contributed by atoms with Crippen LogP contribution in [0.1, 0.15) is 55.5 Å². The Bertz CT molecular complexity index is 963. The third-order valence-corrected chi connectivity index (χ3v) is 7.79. The van der Waals surface area contributed by atoms with Crippen LogP contribution in [0.2, 0.25) is 0 Å². The number of rotatable bonds is 4. The van der Waals surface area contributed by atoms with Gasteiger partial charge in [-0.1, -0.05) is 31.7 Å². The van der Waals surface area contributed by atoms with E-state index >= 15 is 0 Å². The van der Waals surface area contributed by atoms with E-state index in [-0.39, 0.29) is 11.3 Å². The monoisotopic (exact) mass is 437 g/mol. The fourth-order valence-corrected chi connectivity index (χ4v) is 5.61. The Balaban J connectivity index is 1.79. The second-order valence-corrected chi connectivity index (χ2v) is 10.9. The zero-order chi connectivity index (χ0) is 22.2. The second-order valence-electron chi connectivity index (χ2n) is 9.77. The van der Waals surface area contributed by atoms with E-state index < -0.39 is 0 Å². The molecule has 5 heteroatoms. The lowest BCUT2D eigenvalue weighted by atomic mass is 9.77. The summed E-state index contributed by atoms with van der Waals surface area (Å²) in [6.07, 6.45) is 4.55. The molecule has 0 radical (unpaired) electrons. The normalized spacial score (nSPS) is 18.0. The number of carbonyl (C=O) groups is 1. The van der Waals surface area contributed by atoms with Gasteiger partial charge in [0.05, 0.1) is 5.56 Å². The lowest BCUT2D eigenvalue weighted by Gasteiger charge is -2.39. The van der Waals surface area contributed by atoms with Gasteiger partial charge in [0.1, 0.15) is 0 Å². The van der Waals surface area contributed by atoms with E-state index in [1.165, 1.54) is 23.4 Å². The van der Waals surface area contributed by atoms with Crippen LogP contribution in [0.25, 0.3) is 0 Å². The van der Waals surface area contributed by atoms with E-state index in [1.807, 2.05) is 0 Å². The first kappa shape index (κ1) is 22.1. The topological polar surface area (TPSA) is 26.8 Å². The maximum Gasteiger partial charge on any atom is 0.255 e. The number of piperidine rings is 1. The van der Waals surface area contributed by atoms with Crippen molar-refractivity contribution >= 4 is 29.0 Å². The number of carbonyl (C=O) groups excluding carboxylic acids is 1. The lowest BCUT2D eigenvalue weighted by Crippen LogP contribution is -2.38. The van der Waals surface area contributed by atoms with Crippen LogP contribution in [0.3, 0.4) is 0 Å². The van der Waals surface area contributed by atoms with Crippen molar-refractivity contribution in [1.82, 2.24) is 4.90 Å². The highest BCUT2D eigenvalue weighted by Gasteiger charge is 2.33. The summed E-state index contributed by atoms with van der Waals surface area (Å²) in [5.41, 5.74) is 4.67. The maximum absolute atomic E-state index is 13.7. The summed E-state index contributed by atoms with van der Waals surface area (Å²) in [5.74, 6) is 0.192. The van der Waals surface area contributed by atoms with Gasteiger partial charge >= 0.3 is 0 Å². The third kappa shape index (κ3) is 4.57. The van der Waals surface area contributed by atoms with Crippen molar-refractivity contribution in [2.45, 2.75) is 54.7 Å². The molecule has 0 aliphatic carbocycles. The van der Waals surface area contributed by atoms with Crippen molar-refractivity contribution in [3.05, 3.63) is 47.5 Å². The molecule has 0 saturated carbocycles. The number of anilines is 2. The van der Waals surface area contributed by atoms with E-state index in [2.05, 4.69) is 86.1 Å². The number of hydrogen-bond acceptors (Lipinski definition) is 4. The van der Waals surface area contributed by atoms with Crippen LogP contribution in [-0.2, 0) is 5.41 Å². The molecule has 1 fully saturated rings. The average Bonchev–Trinajstić information content (AvgIpc) is 2.76. The first-order valence-electron chi connectivity index (χ1n) is 11.4. The Hall–Kier alpha value is -2.14. The number of amides is 1. The molecule has 2 aliphatic rings. The Morgan fingerprint density at radius 2 is 1.77 bits per heavy atom. The van der Waals surface area contributed by atoms with Gasteiger partial charge in [0.2, 0.25) is 0 Å². The number of benzene rings is 2. The predicted octanol–water partition coefficient (Wildman–Crippen LogP) is 5.65. The maximum atomic E-state index is 13.7. The van der Waals surface area contributed by atoms with Crippen LogP contribution in [0.5, 0.6) is 0 Å². The first-order valence-corrected chi connectivity index (χ1v) is 12.2. The van der Waals surface area contributed by atoms with Crippen molar-refractivity contribution in [1.29, 1.82) is 0 Å². The minimum absolute atomic E-state index is 0.0762. The summed E-state index contributed by atoms with van der Waals surface area (Å²) in [5, 5.41) is 0. The lowest BCUT2D eigenvalue weighted by molar-refractivity contribution is 0.0720. The molecule has 2 aromatic rings. The number of likely N-dealkylation sites (tertiary alicyclic amines) is 1. The third-order valence-electron chi connectivity index (χ3n) is 6.75. The van der Waals surface area contributed by atoms with Crippen LogP contribution < -0.4 is 9.80 Å². The highest BCUT2D eigenvalue weighted by atomic mass is 32.2. The van der Waals surface area contributed by atoms with E-state index in [0.29, 0.717) is 0 Å². The van der Waals surface area contributed by atoms with Gasteiger partial charge in [0, 0.05) is 61.9 Å². The molecule has 0 N–H and O–H groups in total. The molecule has 4 nitrogen and oxygen atoms in total. The van der Waals surface area contributed by atoms with Crippen molar-refractivity contribution < 1.29 is 4.79 Å². The molecule has 2 aromatic carbocycles. The van der Waals surface area contributed by atoms with Crippen molar-refractivity contribution in [2.75, 3.05) is 50.6 Å². The Labute approximate surface area is 191 Å². The van der Waals surface area contributed by atoms with Gasteiger partial charge in [-0.05, 0) is 67.0 Å². The smallest absolute Gasteiger partial charge is 0.255 e. The zero-order valence-corrected chi connectivity index (χ0v) is 20.4. The molecular formula is C26H35N3OS. The van der Waals surface area contributed by atoms with Crippen LogP contribution in [0, 0.1) is 0 Å². The summed E-state index contributed by atoms with van der Waals surface area (Å²) in [4.78, 5) is 22.4. The average molecular weight is 438 g/mol. The molecule has 0 atom stereocenters. The number of nitrogens with zero attached hydrogens (tertiary/aromatic N) is 3. The van der Waals surface area contributed by atoms with Crippen LogP contribution in [0.4, 0.5) is 11.4 Å². The van der Waals surface area contributed by atoms with E-state index in [1.54, 1.807) is 11.8 Å². The fraction of sp³-hybridized carbons (Fsp3) is 0.500. The minimum atomic E-state index is 0.0762. The van der Waals surface area contributed by atoms with Crippen LogP contribution in [-0.4, -0.2) is 51.6 Å². The molecule has 1 saturated heterocycles. The van der Waals surface area contributed by atoms with Gasteiger partial charge in [-0.25, -0.2) is 0 Å². The highest BCUT2D eigenvalue weighted by molar-refractivity contribution is 7.99. The molecule has 0 spiro atoms. The SMILES string of the molecule is CN(C)c1cccc(Sc2cc3c(cc2C(=O)N2CCCCC2)C(C)(C)CCN3C)c1. The summed E-state index contributed by atoms with van der Waals surface area (Å²) in [6.45, 7) is 7.40. The molecule has 0 aromatic heterocycles. The van der Waals surface area contributed by atoms with Gasteiger partial charge in [0.25, 0.3) is 5.91 Å². The Kier molecular flexibility index (Phi) is 6.25. The van der Waals surface area contributed by atoms with E-state index in [4.69, 9.17) is 0 Å². The summed E-state index contributed by atoms with van der Waals surface area (Å²) < 4.78 is 0. The highest BCUT2D eigenvalue weighted by Crippen LogP contribution is 2.44. The fourth-order valence-electron chi connectivity index (χ4n) is 4.60. The van der Waals surface area contributed by atoms with E-state index in [0.717, 1.165) is 54.3 Å².